The van der Waals surface area contributed by atoms with E-state index in [1.54, 1.807) is 0 Å². The van der Waals surface area contributed by atoms with Crippen molar-refractivity contribution in [3.8, 4) is 5.75 Å². The van der Waals surface area contributed by atoms with Gasteiger partial charge in [0.2, 0.25) is 0 Å². The van der Waals surface area contributed by atoms with Crippen LogP contribution in [0.4, 0.5) is 13.2 Å². The number of alkyl halides is 3. The van der Waals surface area contributed by atoms with Crippen molar-refractivity contribution in [1.82, 2.24) is 4.57 Å². The van der Waals surface area contributed by atoms with Gasteiger partial charge in [-0.1, -0.05) is 12.7 Å². The molecule has 0 amide bonds. The molecule has 0 saturated carbocycles. The van der Waals surface area contributed by atoms with Crippen LogP contribution in [-0.4, -0.2) is 42.7 Å². The lowest BCUT2D eigenvalue weighted by molar-refractivity contribution is -0.669. The van der Waals surface area contributed by atoms with E-state index in [1.807, 2.05) is 38.1 Å². The fraction of sp³-hybridized carbons (Fsp3) is 0.545. The summed E-state index contributed by atoms with van der Waals surface area (Å²) in [6, 6.07) is 6.03. The minimum atomic E-state index is -5.19. The van der Waals surface area contributed by atoms with Gasteiger partial charge in [-0.3, -0.25) is 4.57 Å². The third-order valence-electron chi connectivity index (χ3n) is 4.69. The number of aromatic nitrogens is 2. The highest BCUT2D eigenvalue weighted by atomic mass is 31.2. The summed E-state index contributed by atoms with van der Waals surface area (Å²) in [5.74, 6) is -1.17. The van der Waals surface area contributed by atoms with Gasteiger partial charge in [-0.2, -0.15) is 13.2 Å². The van der Waals surface area contributed by atoms with Crippen LogP contribution in [0.3, 0.4) is 0 Å². The molecule has 0 aliphatic rings. The first-order chi connectivity index (χ1) is 16.5. The Bertz CT molecular complexity index is 1020. The van der Waals surface area contributed by atoms with E-state index < -0.39 is 19.7 Å². The second-order valence-electron chi connectivity index (χ2n) is 7.07. The normalized spacial score (nSPS) is 11.7. The van der Waals surface area contributed by atoms with Gasteiger partial charge in [0.15, 0.2) is 11.0 Å². The molecule has 0 spiro atoms. The third kappa shape index (κ3) is 8.96. The second-order valence-corrected chi connectivity index (χ2v) is 9.26. The number of nitrogens with two attached hydrogens (primary N) is 1. The van der Waals surface area contributed by atoms with Crippen LogP contribution in [0.1, 0.15) is 33.0 Å². The van der Waals surface area contributed by atoms with Gasteiger partial charge in [-0.05, 0) is 39.3 Å². The lowest BCUT2D eigenvalue weighted by Crippen LogP contribution is -2.38. The Hall–Kier alpha value is -2.40. The minimum Gasteiger partial charge on any atom is -0.542 e. The van der Waals surface area contributed by atoms with Gasteiger partial charge in [-0.15, -0.1) is 0 Å². The molecule has 1 heterocycles. The number of ether oxygens (including phenoxy) is 1. The maximum absolute atomic E-state index is 12.5. The summed E-state index contributed by atoms with van der Waals surface area (Å²) in [5, 5.41) is 8.78. The predicted octanol–water partition coefficient (Wildman–Crippen LogP) is 2.93. The van der Waals surface area contributed by atoms with Crippen molar-refractivity contribution < 1.29 is 46.0 Å². The van der Waals surface area contributed by atoms with E-state index in [9.17, 15) is 17.7 Å². The quantitative estimate of drug-likeness (QED) is 0.186. The number of allylic oxidation sites excluding steroid dienone is 1. The van der Waals surface area contributed by atoms with E-state index in [2.05, 4.69) is 22.6 Å². The number of halogens is 3. The molecule has 9 nitrogen and oxygen atoms in total. The molecule has 0 bridgehead atoms. The van der Waals surface area contributed by atoms with Crippen molar-refractivity contribution in [2.24, 2.45) is 5.73 Å². The summed E-state index contributed by atoms with van der Waals surface area (Å²) in [6.45, 7) is 12.7. The van der Waals surface area contributed by atoms with E-state index >= 15 is 0 Å². The molecule has 198 valence electrons. The van der Waals surface area contributed by atoms with Crippen molar-refractivity contribution in [2.45, 2.75) is 53.0 Å². The molecule has 13 heteroatoms. The summed E-state index contributed by atoms with van der Waals surface area (Å²) in [6.07, 6.45) is -2.38. The number of aliphatic carboxylic acids is 1. The van der Waals surface area contributed by atoms with Gasteiger partial charge in [0.05, 0.1) is 39.1 Å². The number of hydrogen-bond acceptors (Lipinski definition) is 7. The zero-order chi connectivity index (χ0) is 26.6. The molecule has 1 aromatic heterocycles. The first-order valence-corrected chi connectivity index (χ1v) is 12.9. The van der Waals surface area contributed by atoms with Crippen molar-refractivity contribution in [2.75, 3.05) is 26.0 Å². The highest BCUT2D eigenvalue weighted by Gasteiger charge is 2.29. The summed E-state index contributed by atoms with van der Waals surface area (Å²) in [7, 11) is -3.02. The van der Waals surface area contributed by atoms with Crippen molar-refractivity contribution in [3.05, 3.63) is 36.7 Å². The molecule has 35 heavy (non-hydrogen) atoms. The van der Waals surface area contributed by atoms with Gasteiger partial charge in [-0.25, -0.2) is 9.13 Å². The Balaban J connectivity index is 0.000000762. The van der Waals surface area contributed by atoms with E-state index in [4.69, 9.17) is 29.4 Å². The molecule has 0 atom stereocenters. The van der Waals surface area contributed by atoms with Crippen molar-refractivity contribution in [3.63, 3.8) is 0 Å². The topological polar surface area (TPSA) is 120 Å². The van der Waals surface area contributed by atoms with E-state index in [0.29, 0.717) is 45.5 Å². The number of hydrogen-bond donors (Lipinski definition) is 1. The molecule has 0 saturated heterocycles. The van der Waals surface area contributed by atoms with E-state index in [1.165, 1.54) is 0 Å². The molecule has 0 fully saturated rings. The summed E-state index contributed by atoms with van der Waals surface area (Å²) in [4.78, 5) is 8.78. The molecule has 2 aromatic rings. The van der Waals surface area contributed by atoms with Crippen LogP contribution < -0.4 is 20.1 Å². The Morgan fingerprint density at radius 3 is 2.31 bits per heavy atom. The molecule has 2 rings (SSSR count). The Morgan fingerprint density at radius 2 is 1.86 bits per heavy atom. The molecule has 1 aromatic carbocycles. The lowest BCUT2D eigenvalue weighted by atomic mass is 10.3. The van der Waals surface area contributed by atoms with Crippen LogP contribution in [0.25, 0.3) is 11.0 Å². The largest absolute Gasteiger partial charge is 0.542 e. The first-order valence-electron chi connectivity index (χ1n) is 11.1. The van der Waals surface area contributed by atoms with Crippen LogP contribution >= 0.6 is 7.60 Å². The standard InChI is InChI=1S/C20H33N3O4P.C2HF3O2/c1-5-12-23-18-11-10-17(15-19(18)22(6-2)20(23)16-21)25-13-9-14-28(24,26-7-3)27-8-4;3-2(4,5)1(6)7/h5,10-11,15H,1,6-9,12-14,16,21H2,2-4H3;(H,6,7)/q+1;/p-1. The number of carboxylic acids is 1. The SMILES string of the molecule is C=CC[n+]1c(CN)n(CC)c2cc(OCCCP(=O)(OCC)OCC)ccc21.O=C([O-])C(F)(F)F. The van der Waals surface area contributed by atoms with Gasteiger partial charge < -0.3 is 29.4 Å². The number of aryl methyl sites for hydroxylation is 1. The molecular weight excluding hydrogens is 490 g/mol. The van der Waals surface area contributed by atoms with Crippen LogP contribution in [0.5, 0.6) is 5.75 Å². The summed E-state index contributed by atoms with van der Waals surface area (Å²) < 4.78 is 64.9. The monoisotopic (exact) mass is 523 g/mol. The Morgan fingerprint density at radius 1 is 1.26 bits per heavy atom. The number of rotatable bonds is 13. The number of fused-ring (bicyclic) bond motifs is 1. The average Bonchev–Trinajstić information content (AvgIpc) is 3.09. The molecule has 0 aliphatic heterocycles. The van der Waals surface area contributed by atoms with Gasteiger partial charge in [0.25, 0.3) is 5.82 Å². The minimum absolute atomic E-state index is 0.346. The number of carbonyl (C=O) groups is 1. The fourth-order valence-corrected chi connectivity index (χ4v) is 5.01. The average molecular weight is 523 g/mol. The van der Waals surface area contributed by atoms with E-state index in [-0.39, 0.29) is 0 Å². The zero-order valence-electron chi connectivity index (χ0n) is 20.2. The molecule has 0 unspecified atom stereocenters. The van der Waals surface area contributed by atoms with Crippen molar-refractivity contribution >= 4 is 24.6 Å². The third-order valence-corrected chi connectivity index (χ3v) is 6.86. The molecule has 0 aliphatic carbocycles. The smallest absolute Gasteiger partial charge is 0.430 e. The number of imidazole rings is 1. The Labute approximate surface area is 202 Å². The van der Waals surface area contributed by atoms with Crippen LogP contribution in [-0.2, 0) is 38.0 Å². The fourth-order valence-electron chi connectivity index (χ4n) is 3.38. The highest BCUT2D eigenvalue weighted by Crippen LogP contribution is 2.48. The first kappa shape index (κ1) is 30.6. The predicted molar refractivity (Wildman–Crippen MR) is 123 cm³/mol. The highest BCUT2D eigenvalue weighted by molar-refractivity contribution is 7.53. The molecular formula is C22H33F3N3O6P. The van der Waals surface area contributed by atoms with Crippen molar-refractivity contribution in [1.29, 1.82) is 0 Å². The van der Waals surface area contributed by atoms with Crippen LogP contribution in [0.2, 0.25) is 0 Å². The Kier molecular flexibility index (Phi) is 12.5. The maximum Gasteiger partial charge on any atom is 0.430 e. The number of carboxylic acid groups (broad SMARTS) is 1. The summed E-state index contributed by atoms with van der Waals surface area (Å²) >= 11 is 0. The molecule has 0 radical (unpaired) electrons. The van der Waals surface area contributed by atoms with Crippen LogP contribution in [0.15, 0.2) is 30.9 Å². The maximum atomic E-state index is 12.5. The number of carbonyl (C=O) groups excluding carboxylic acids is 1. The summed E-state index contributed by atoms with van der Waals surface area (Å²) in [5.41, 5.74) is 8.17. The zero-order valence-corrected chi connectivity index (χ0v) is 21.1. The second kappa shape index (κ2) is 14.2. The molecule has 2 N–H and O–H groups in total. The van der Waals surface area contributed by atoms with Gasteiger partial charge >= 0.3 is 13.8 Å². The number of nitrogens with zero attached hydrogens (tertiary/aromatic N) is 2. The van der Waals surface area contributed by atoms with Gasteiger partial charge in [0, 0.05) is 6.07 Å². The number of benzene rings is 1. The van der Waals surface area contributed by atoms with Gasteiger partial charge in [0.1, 0.15) is 18.3 Å². The van der Waals surface area contributed by atoms with E-state index in [0.717, 1.165) is 29.2 Å². The lowest BCUT2D eigenvalue weighted by Gasteiger charge is -2.16. The van der Waals surface area contributed by atoms with Crippen LogP contribution in [0, 0.1) is 0 Å².